The first-order valence-corrected chi connectivity index (χ1v) is 4.48. The van der Waals surface area contributed by atoms with Gasteiger partial charge in [0.05, 0.1) is 6.10 Å². The van der Waals surface area contributed by atoms with E-state index in [1.807, 2.05) is 12.1 Å². The molecule has 1 N–H and O–H groups in total. The van der Waals surface area contributed by atoms with Gasteiger partial charge in [0.15, 0.2) is 0 Å². The summed E-state index contributed by atoms with van der Waals surface area (Å²) in [6.07, 6.45) is 3.29. The number of aromatic nitrogens is 1. The Kier molecular flexibility index (Phi) is 3.39. The number of hydrogen-bond donors (Lipinski definition) is 1. The lowest BCUT2D eigenvalue weighted by Crippen LogP contribution is -2.02. The van der Waals surface area contributed by atoms with Crippen LogP contribution in [0.1, 0.15) is 6.92 Å². The zero-order valence-corrected chi connectivity index (χ0v) is 7.21. The Labute approximate surface area is 70.7 Å². The second-order valence-electron chi connectivity index (χ2n) is 2.35. The Hall–Kier alpha value is -0.540. The topological polar surface area (TPSA) is 33.1 Å². The molecule has 0 amide bonds. The molecule has 1 atom stereocenters. The molecule has 0 aliphatic rings. The first kappa shape index (κ1) is 8.56. The van der Waals surface area contributed by atoms with Crippen molar-refractivity contribution in [3.05, 3.63) is 24.5 Å². The summed E-state index contributed by atoms with van der Waals surface area (Å²) in [5.74, 6) is 0.728. The van der Waals surface area contributed by atoms with E-state index in [4.69, 9.17) is 5.11 Å². The predicted molar refractivity (Wildman–Crippen MR) is 46.6 cm³/mol. The average Bonchev–Trinajstić information content (AvgIpc) is 2.03. The summed E-state index contributed by atoms with van der Waals surface area (Å²) in [5, 5.41) is 8.97. The van der Waals surface area contributed by atoms with Crippen molar-refractivity contribution in [2.75, 3.05) is 5.75 Å². The fraction of sp³-hybridized carbons (Fsp3) is 0.375. The zero-order valence-electron chi connectivity index (χ0n) is 6.40. The van der Waals surface area contributed by atoms with Crippen molar-refractivity contribution in [2.45, 2.75) is 17.9 Å². The van der Waals surface area contributed by atoms with Crippen LogP contribution in [0.4, 0.5) is 0 Å². The van der Waals surface area contributed by atoms with E-state index in [2.05, 4.69) is 4.98 Å². The third-order valence-corrected chi connectivity index (χ3v) is 2.35. The molecule has 1 heterocycles. The highest BCUT2D eigenvalue weighted by Gasteiger charge is 1.96. The second-order valence-corrected chi connectivity index (χ2v) is 3.44. The summed E-state index contributed by atoms with van der Waals surface area (Å²) in [7, 11) is 0. The second kappa shape index (κ2) is 4.36. The molecule has 0 saturated carbocycles. The van der Waals surface area contributed by atoms with Crippen molar-refractivity contribution in [3.63, 3.8) is 0 Å². The third kappa shape index (κ3) is 3.39. The molecule has 0 aliphatic carbocycles. The lowest BCUT2D eigenvalue weighted by molar-refractivity contribution is 0.220. The van der Waals surface area contributed by atoms with E-state index in [-0.39, 0.29) is 6.10 Å². The van der Waals surface area contributed by atoms with Crippen LogP contribution in [0.2, 0.25) is 0 Å². The van der Waals surface area contributed by atoms with Crippen molar-refractivity contribution in [3.8, 4) is 0 Å². The Morgan fingerprint density at radius 3 is 3.09 bits per heavy atom. The molecule has 11 heavy (non-hydrogen) atoms. The van der Waals surface area contributed by atoms with E-state index >= 15 is 0 Å². The largest absolute Gasteiger partial charge is 0.393 e. The molecule has 0 unspecified atom stereocenters. The Bertz CT molecular complexity index is 201. The van der Waals surface area contributed by atoms with E-state index < -0.39 is 0 Å². The van der Waals surface area contributed by atoms with Crippen molar-refractivity contribution < 1.29 is 5.11 Å². The molecular formula is C8H11NOS. The highest BCUT2D eigenvalue weighted by Crippen LogP contribution is 2.16. The van der Waals surface area contributed by atoms with Gasteiger partial charge in [-0.15, -0.1) is 11.8 Å². The number of hydrogen-bond acceptors (Lipinski definition) is 3. The fourth-order valence-corrected chi connectivity index (χ4v) is 1.39. The fourth-order valence-electron chi connectivity index (χ4n) is 0.649. The molecule has 2 nitrogen and oxygen atoms in total. The van der Waals surface area contributed by atoms with Crippen LogP contribution in [0, 0.1) is 0 Å². The summed E-state index contributed by atoms with van der Waals surface area (Å²) in [6, 6.07) is 3.88. The van der Waals surface area contributed by atoms with Crippen molar-refractivity contribution in [2.24, 2.45) is 0 Å². The van der Waals surface area contributed by atoms with Crippen LogP contribution in [0.3, 0.4) is 0 Å². The molecule has 0 spiro atoms. The van der Waals surface area contributed by atoms with Crippen LogP contribution in [0.15, 0.2) is 29.4 Å². The minimum absolute atomic E-state index is 0.250. The number of pyridine rings is 1. The van der Waals surface area contributed by atoms with Crippen LogP contribution in [0.5, 0.6) is 0 Å². The molecule has 60 valence electrons. The predicted octanol–water partition coefficient (Wildman–Crippen LogP) is 1.55. The molecule has 1 rings (SSSR count). The SMILES string of the molecule is C[C@H](O)CSc1cccnc1. The quantitative estimate of drug-likeness (QED) is 0.697. The van der Waals surface area contributed by atoms with Gasteiger partial charge >= 0.3 is 0 Å². The van der Waals surface area contributed by atoms with Gasteiger partial charge in [0.1, 0.15) is 0 Å². The molecule has 3 heteroatoms. The first-order chi connectivity index (χ1) is 5.29. The van der Waals surface area contributed by atoms with Gasteiger partial charge in [0, 0.05) is 23.0 Å². The highest BCUT2D eigenvalue weighted by atomic mass is 32.2. The monoisotopic (exact) mass is 169 g/mol. The Morgan fingerprint density at radius 2 is 2.55 bits per heavy atom. The summed E-state index contributed by atoms with van der Waals surface area (Å²) < 4.78 is 0. The number of thioether (sulfide) groups is 1. The van der Waals surface area contributed by atoms with Gasteiger partial charge in [-0.2, -0.15) is 0 Å². The molecule has 1 aromatic heterocycles. The van der Waals surface area contributed by atoms with E-state index in [0.29, 0.717) is 0 Å². The number of nitrogens with zero attached hydrogens (tertiary/aromatic N) is 1. The van der Waals surface area contributed by atoms with Gasteiger partial charge in [0.2, 0.25) is 0 Å². The standard InChI is InChI=1S/C8H11NOS/c1-7(10)6-11-8-3-2-4-9-5-8/h2-5,7,10H,6H2,1H3/t7-/m0/s1. The van der Waals surface area contributed by atoms with Gasteiger partial charge < -0.3 is 5.11 Å². The smallest absolute Gasteiger partial charge is 0.0606 e. The van der Waals surface area contributed by atoms with Gasteiger partial charge in [-0.05, 0) is 19.1 Å². The molecule has 0 fully saturated rings. The normalized spacial score (nSPS) is 12.9. The maximum Gasteiger partial charge on any atom is 0.0606 e. The highest BCUT2D eigenvalue weighted by molar-refractivity contribution is 7.99. The van der Waals surface area contributed by atoms with Crippen LogP contribution < -0.4 is 0 Å². The zero-order chi connectivity index (χ0) is 8.10. The lowest BCUT2D eigenvalue weighted by atomic mass is 10.5. The van der Waals surface area contributed by atoms with Gasteiger partial charge in [-0.1, -0.05) is 0 Å². The average molecular weight is 169 g/mol. The van der Waals surface area contributed by atoms with Crippen LogP contribution in [-0.4, -0.2) is 21.9 Å². The molecule has 0 bridgehead atoms. The maximum atomic E-state index is 8.97. The van der Waals surface area contributed by atoms with E-state index in [9.17, 15) is 0 Å². The van der Waals surface area contributed by atoms with Crippen LogP contribution >= 0.6 is 11.8 Å². The summed E-state index contributed by atoms with van der Waals surface area (Å²) in [6.45, 7) is 1.78. The van der Waals surface area contributed by atoms with Crippen LogP contribution in [-0.2, 0) is 0 Å². The third-order valence-electron chi connectivity index (χ3n) is 1.13. The number of aliphatic hydroxyl groups excluding tert-OH is 1. The molecule has 1 aromatic rings. The minimum Gasteiger partial charge on any atom is -0.393 e. The van der Waals surface area contributed by atoms with E-state index in [1.54, 1.807) is 31.1 Å². The Balaban J connectivity index is 2.39. The van der Waals surface area contributed by atoms with E-state index in [1.165, 1.54) is 0 Å². The van der Waals surface area contributed by atoms with Gasteiger partial charge in [-0.3, -0.25) is 4.98 Å². The summed E-state index contributed by atoms with van der Waals surface area (Å²) in [4.78, 5) is 5.07. The van der Waals surface area contributed by atoms with Gasteiger partial charge in [0.25, 0.3) is 0 Å². The molecular weight excluding hydrogens is 158 g/mol. The van der Waals surface area contributed by atoms with Crippen molar-refractivity contribution >= 4 is 11.8 Å². The van der Waals surface area contributed by atoms with Gasteiger partial charge in [-0.25, -0.2) is 0 Å². The maximum absolute atomic E-state index is 8.97. The van der Waals surface area contributed by atoms with E-state index in [0.717, 1.165) is 10.6 Å². The number of rotatable bonds is 3. The number of aliphatic hydroxyl groups is 1. The summed E-state index contributed by atoms with van der Waals surface area (Å²) in [5.41, 5.74) is 0. The molecule has 0 radical (unpaired) electrons. The Morgan fingerprint density at radius 1 is 1.73 bits per heavy atom. The molecule has 0 aliphatic heterocycles. The minimum atomic E-state index is -0.250. The molecule has 0 aromatic carbocycles. The van der Waals surface area contributed by atoms with Crippen LogP contribution in [0.25, 0.3) is 0 Å². The first-order valence-electron chi connectivity index (χ1n) is 3.50. The summed E-state index contributed by atoms with van der Waals surface area (Å²) >= 11 is 1.62. The van der Waals surface area contributed by atoms with Crippen molar-refractivity contribution in [1.29, 1.82) is 0 Å². The van der Waals surface area contributed by atoms with Crippen molar-refractivity contribution in [1.82, 2.24) is 4.98 Å². The molecule has 0 saturated heterocycles. The lowest BCUT2D eigenvalue weighted by Gasteiger charge is -2.01.